The quantitative estimate of drug-likeness (QED) is 0.642. The molecule has 1 aromatic heterocycles. The van der Waals surface area contributed by atoms with Gasteiger partial charge in [-0.15, -0.1) is 0 Å². The van der Waals surface area contributed by atoms with Crippen LogP contribution in [-0.2, 0) is 32.3 Å². The molecular weight excluding hydrogens is 348 g/mol. The lowest BCUT2D eigenvalue weighted by molar-refractivity contribution is -0.143. The summed E-state index contributed by atoms with van der Waals surface area (Å²) in [6.07, 6.45) is 1.42. The number of hydrogen-bond donors (Lipinski definition) is 0. The Bertz CT molecular complexity index is 1050. The normalized spacial score (nSPS) is 10.6. The van der Waals surface area contributed by atoms with E-state index in [4.69, 9.17) is 13.9 Å². The molecule has 0 atom stereocenters. The van der Waals surface area contributed by atoms with E-state index in [-0.39, 0.29) is 30.6 Å². The molecule has 138 valence electrons. The minimum absolute atomic E-state index is 0.126. The molecule has 0 bridgehead atoms. The van der Waals surface area contributed by atoms with Crippen molar-refractivity contribution in [3.63, 3.8) is 0 Å². The second-order valence-corrected chi connectivity index (χ2v) is 6.07. The monoisotopic (exact) mass is 366 g/mol. The number of esters is 2. The molecule has 0 fully saturated rings. The maximum absolute atomic E-state index is 12.8. The van der Waals surface area contributed by atoms with Gasteiger partial charge in [-0.05, 0) is 28.8 Å². The maximum Gasteiger partial charge on any atom is 0.302 e. The summed E-state index contributed by atoms with van der Waals surface area (Å²) >= 11 is 0. The zero-order valence-electron chi connectivity index (χ0n) is 15.0. The van der Waals surface area contributed by atoms with Gasteiger partial charge < -0.3 is 13.9 Å². The first-order valence-electron chi connectivity index (χ1n) is 8.34. The first-order valence-corrected chi connectivity index (χ1v) is 8.34. The zero-order valence-corrected chi connectivity index (χ0v) is 15.0. The molecule has 0 radical (unpaired) electrons. The summed E-state index contributed by atoms with van der Waals surface area (Å²) < 4.78 is 15.5. The van der Waals surface area contributed by atoms with Crippen molar-refractivity contribution in [3.8, 4) is 11.1 Å². The molecule has 3 rings (SSSR count). The molecule has 3 aromatic rings. The van der Waals surface area contributed by atoms with Gasteiger partial charge in [0, 0.05) is 13.8 Å². The Hall–Kier alpha value is -3.41. The van der Waals surface area contributed by atoms with Crippen molar-refractivity contribution < 1.29 is 23.5 Å². The molecule has 27 heavy (non-hydrogen) atoms. The average molecular weight is 366 g/mol. The number of fused-ring (bicyclic) bond motifs is 1. The minimum atomic E-state index is -0.371. The van der Waals surface area contributed by atoms with Crippen molar-refractivity contribution in [1.82, 2.24) is 0 Å². The Morgan fingerprint density at radius 2 is 1.48 bits per heavy atom. The Kier molecular flexibility index (Phi) is 5.35. The van der Waals surface area contributed by atoms with Crippen molar-refractivity contribution in [2.24, 2.45) is 0 Å². The standard InChI is InChI=1S/C21H18O6/c1-13(22)25-10-15-3-6-17(7-4-15)19-12-27-20-9-16(11-26-14(2)23)5-8-18(20)21(19)24/h3-9,12H,10-11H2,1-2H3. The van der Waals surface area contributed by atoms with Crippen LogP contribution in [0.2, 0.25) is 0 Å². The Morgan fingerprint density at radius 1 is 0.889 bits per heavy atom. The van der Waals surface area contributed by atoms with Crippen LogP contribution in [0.3, 0.4) is 0 Å². The third-order valence-corrected chi connectivity index (χ3v) is 3.99. The third kappa shape index (κ3) is 4.41. The molecule has 2 aromatic carbocycles. The number of carbonyl (C=O) groups excluding carboxylic acids is 2. The van der Waals surface area contributed by atoms with Gasteiger partial charge >= 0.3 is 11.9 Å². The molecule has 0 aliphatic heterocycles. The highest BCUT2D eigenvalue weighted by Gasteiger charge is 2.10. The first kappa shape index (κ1) is 18.4. The molecule has 6 heteroatoms. The van der Waals surface area contributed by atoms with Crippen LogP contribution in [0.1, 0.15) is 25.0 Å². The van der Waals surface area contributed by atoms with Gasteiger partial charge in [-0.1, -0.05) is 30.3 Å². The molecular formula is C21H18O6. The predicted octanol–water partition coefficient (Wildman–Crippen LogP) is 3.59. The Morgan fingerprint density at radius 3 is 2.11 bits per heavy atom. The van der Waals surface area contributed by atoms with Crippen LogP contribution >= 0.6 is 0 Å². The van der Waals surface area contributed by atoms with E-state index in [2.05, 4.69) is 0 Å². The number of carbonyl (C=O) groups is 2. The molecule has 0 aliphatic rings. The smallest absolute Gasteiger partial charge is 0.302 e. The fourth-order valence-electron chi connectivity index (χ4n) is 2.61. The van der Waals surface area contributed by atoms with Crippen molar-refractivity contribution >= 4 is 22.9 Å². The molecule has 0 saturated carbocycles. The highest BCUT2D eigenvalue weighted by molar-refractivity contribution is 5.82. The lowest BCUT2D eigenvalue weighted by Crippen LogP contribution is -2.06. The van der Waals surface area contributed by atoms with Crippen molar-refractivity contribution in [2.45, 2.75) is 27.1 Å². The zero-order chi connectivity index (χ0) is 19.4. The van der Waals surface area contributed by atoms with Crippen LogP contribution in [0.4, 0.5) is 0 Å². The number of ether oxygens (including phenoxy) is 2. The summed E-state index contributed by atoms with van der Waals surface area (Å²) in [5, 5.41) is 0.447. The van der Waals surface area contributed by atoms with E-state index < -0.39 is 0 Å². The molecule has 6 nitrogen and oxygen atoms in total. The lowest BCUT2D eigenvalue weighted by Gasteiger charge is -2.07. The summed E-state index contributed by atoms with van der Waals surface area (Å²) in [5.74, 6) is -0.716. The fraction of sp³-hybridized carbons (Fsp3) is 0.190. The van der Waals surface area contributed by atoms with E-state index in [9.17, 15) is 14.4 Å². The molecule has 0 aliphatic carbocycles. The van der Waals surface area contributed by atoms with E-state index in [1.165, 1.54) is 20.1 Å². The number of rotatable bonds is 5. The first-order chi connectivity index (χ1) is 12.9. The third-order valence-electron chi connectivity index (χ3n) is 3.99. The van der Waals surface area contributed by atoms with Gasteiger partial charge in [-0.2, -0.15) is 0 Å². The van der Waals surface area contributed by atoms with E-state index >= 15 is 0 Å². The van der Waals surface area contributed by atoms with Crippen LogP contribution in [0.25, 0.3) is 22.1 Å². The summed E-state index contributed by atoms with van der Waals surface area (Å²) in [7, 11) is 0. The van der Waals surface area contributed by atoms with E-state index in [1.54, 1.807) is 42.5 Å². The lowest BCUT2D eigenvalue weighted by atomic mass is 10.0. The van der Waals surface area contributed by atoms with Crippen LogP contribution in [0, 0.1) is 0 Å². The van der Waals surface area contributed by atoms with Crippen molar-refractivity contribution in [1.29, 1.82) is 0 Å². The molecule has 0 saturated heterocycles. The highest BCUT2D eigenvalue weighted by Crippen LogP contribution is 2.21. The van der Waals surface area contributed by atoms with E-state index in [1.807, 2.05) is 0 Å². The molecule has 0 spiro atoms. The summed E-state index contributed by atoms with van der Waals surface area (Å²) in [5.41, 5.74) is 3.00. The Balaban J connectivity index is 1.88. The average Bonchev–Trinajstić information content (AvgIpc) is 2.65. The van der Waals surface area contributed by atoms with Gasteiger partial charge in [-0.3, -0.25) is 14.4 Å². The minimum Gasteiger partial charge on any atom is -0.463 e. The highest BCUT2D eigenvalue weighted by atomic mass is 16.5. The Labute approximate surface area is 155 Å². The molecule has 0 amide bonds. The van der Waals surface area contributed by atoms with Gasteiger partial charge in [0.1, 0.15) is 25.1 Å². The van der Waals surface area contributed by atoms with Gasteiger partial charge in [0.2, 0.25) is 0 Å². The summed E-state index contributed by atoms with van der Waals surface area (Å²) in [6, 6.07) is 12.2. The van der Waals surface area contributed by atoms with E-state index in [0.717, 1.165) is 11.1 Å². The van der Waals surface area contributed by atoms with Crippen LogP contribution in [0.15, 0.2) is 57.9 Å². The van der Waals surface area contributed by atoms with Gasteiger partial charge in [0.05, 0.1) is 10.9 Å². The second-order valence-electron chi connectivity index (χ2n) is 6.07. The largest absolute Gasteiger partial charge is 0.463 e. The van der Waals surface area contributed by atoms with Crippen molar-refractivity contribution in [3.05, 3.63) is 70.1 Å². The molecule has 0 N–H and O–H groups in total. The van der Waals surface area contributed by atoms with E-state index in [0.29, 0.717) is 22.1 Å². The van der Waals surface area contributed by atoms with Gasteiger partial charge in [-0.25, -0.2) is 0 Å². The molecule has 1 heterocycles. The molecule has 0 unspecified atom stereocenters. The maximum atomic E-state index is 12.8. The van der Waals surface area contributed by atoms with Crippen LogP contribution < -0.4 is 5.43 Å². The van der Waals surface area contributed by atoms with Crippen LogP contribution in [0.5, 0.6) is 0 Å². The summed E-state index contributed by atoms with van der Waals surface area (Å²) in [4.78, 5) is 34.6. The second kappa shape index (κ2) is 7.86. The predicted molar refractivity (Wildman–Crippen MR) is 98.9 cm³/mol. The SMILES string of the molecule is CC(=O)OCc1ccc(-c2coc3cc(COC(C)=O)ccc3c2=O)cc1. The topological polar surface area (TPSA) is 82.8 Å². The van der Waals surface area contributed by atoms with Gasteiger partial charge in [0.25, 0.3) is 0 Å². The number of hydrogen-bond acceptors (Lipinski definition) is 6. The van der Waals surface area contributed by atoms with Crippen LogP contribution in [-0.4, -0.2) is 11.9 Å². The number of benzene rings is 2. The fourth-order valence-corrected chi connectivity index (χ4v) is 2.61. The van der Waals surface area contributed by atoms with Crippen molar-refractivity contribution in [2.75, 3.05) is 0 Å². The summed E-state index contributed by atoms with van der Waals surface area (Å²) in [6.45, 7) is 3.00. The van der Waals surface area contributed by atoms with Gasteiger partial charge in [0.15, 0.2) is 5.43 Å².